The molecule has 1 aliphatic carbocycles. The fourth-order valence-corrected chi connectivity index (χ4v) is 3.81. The van der Waals surface area contributed by atoms with Crippen molar-refractivity contribution in [1.29, 1.82) is 0 Å². The number of carbonyl (C=O) groups is 1. The Kier molecular flexibility index (Phi) is 5.10. The van der Waals surface area contributed by atoms with Gasteiger partial charge in [-0.25, -0.2) is 0 Å². The molecule has 0 aliphatic heterocycles. The first-order valence-corrected chi connectivity index (χ1v) is 8.13. The number of hydrogen-bond acceptors (Lipinski definition) is 5. The fraction of sp³-hybridized carbons (Fsp3) is 0.786. The first-order chi connectivity index (χ1) is 9.56. The third-order valence-corrected chi connectivity index (χ3v) is 4.97. The van der Waals surface area contributed by atoms with Crippen molar-refractivity contribution < 1.29 is 4.79 Å². The van der Waals surface area contributed by atoms with E-state index >= 15 is 0 Å². The van der Waals surface area contributed by atoms with Gasteiger partial charge in [0.05, 0.1) is 5.69 Å². The van der Waals surface area contributed by atoms with E-state index in [2.05, 4.69) is 9.59 Å². The molecule has 112 valence electrons. The summed E-state index contributed by atoms with van der Waals surface area (Å²) in [4.78, 5) is 15.3. The Bertz CT molecular complexity index is 460. The molecule has 2 unspecified atom stereocenters. The van der Waals surface area contributed by atoms with Gasteiger partial charge in [0.1, 0.15) is 4.88 Å². The van der Waals surface area contributed by atoms with Crippen LogP contribution < -0.4 is 5.73 Å². The second-order valence-electron chi connectivity index (χ2n) is 5.91. The number of carbonyl (C=O) groups excluding carboxylic acids is 1. The maximum Gasteiger partial charge on any atom is 0.267 e. The second kappa shape index (κ2) is 6.63. The highest BCUT2D eigenvalue weighted by molar-refractivity contribution is 7.08. The quantitative estimate of drug-likeness (QED) is 0.925. The van der Waals surface area contributed by atoms with Crippen molar-refractivity contribution in [2.75, 3.05) is 13.6 Å². The third-order valence-electron chi connectivity index (χ3n) is 4.24. The van der Waals surface area contributed by atoms with Gasteiger partial charge in [-0.15, -0.1) is 5.10 Å². The van der Waals surface area contributed by atoms with E-state index in [0.29, 0.717) is 17.3 Å². The normalized spacial score (nSPS) is 23.1. The molecule has 1 heterocycles. The molecule has 1 amide bonds. The number of nitrogens with zero attached hydrogens (tertiary/aromatic N) is 3. The zero-order valence-electron chi connectivity index (χ0n) is 12.5. The average Bonchev–Trinajstić information content (AvgIpc) is 2.95. The van der Waals surface area contributed by atoms with Crippen LogP contribution in [-0.2, 0) is 0 Å². The predicted octanol–water partition coefficient (Wildman–Crippen LogP) is 2.25. The lowest BCUT2D eigenvalue weighted by atomic mass is 9.83. The first-order valence-electron chi connectivity index (χ1n) is 7.35. The highest BCUT2D eigenvalue weighted by Crippen LogP contribution is 2.29. The molecule has 0 spiro atoms. The number of hydrogen-bond donors (Lipinski definition) is 1. The lowest BCUT2D eigenvalue weighted by molar-refractivity contribution is 0.0623. The Balaban J connectivity index is 2.17. The minimum atomic E-state index is 0.0500. The SMILES string of the molecule is CC(C)c1nnsc1C(=O)N(C)C1CCCCC1CN. The van der Waals surface area contributed by atoms with Gasteiger partial charge in [0.15, 0.2) is 0 Å². The smallest absolute Gasteiger partial charge is 0.267 e. The zero-order chi connectivity index (χ0) is 14.7. The second-order valence-corrected chi connectivity index (χ2v) is 6.66. The summed E-state index contributed by atoms with van der Waals surface area (Å²) < 4.78 is 3.95. The van der Waals surface area contributed by atoms with Crippen LogP contribution in [0.3, 0.4) is 0 Å². The Hall–Kier alpha value is -1.01. The molecule has 5 nitrogen and oxygen atoms in total. The van der Waals surface area contributed by atoms with Crippen molar-refractivity contribution in [3.05, 3.63) is 10.6 Å². The van der Waals surface area contributed by atoms with Crippen molar-refractivity contribution in [2.45, 2.75) is 51.5 Å². The zero-order valence-corrected chi connectivity index (χ0v) is 13.3. The fourth-order valence-electron chi connectivity index (χ4n) is 3.01. The number of aromatic nitrogens is 2. The Morgan fingerprint density at radius 3 is 2.80 bits per heavy atom. The summed E-state index contributed by atoms with van der Waals surface area (Å²) in [5, 5.41) is 4.10. The summed E-state index contributed by atoms with van der Waals surface area (Å²) >= 11 is 1.20. The third kappa shape index (κ3) is 3.01. The van der Waals surface area contributed by atoms with Gasteiger partial charge >= 0.3 is 0 Å². The van der Waals surface area contributed by atoms with E-state index in [1.165, 1.54) is 24.4 Å². The van der Waals surface area contributed by atoms with Gasteiger partial charge in [-0.1, -0.05) is 31.2 Å². The monoisotopic (exact) mass is 296 g/mol. The first kappa shape index (κ1) is 15.4. The lowest BCUT2D eigenvalue weighted by Crippen LogP contribution is -2.45. The van der Waals surface area contributed by atoms with E-state index in [-0.39, 0.29) is 17.9 Å². The Morgan fingerprint density at radius 2 is 2.15 bits per heavy atom. The van der Waals surface area contributed by atoms with Crippen LogP contribution in [0.1, 0.15) is 60.8 Å². The van der Waals surface area contributed by atoms with Gasteiger partial charge in [0.2, 0.25) is 0 Å². The molecule has 1 aliphatic rings. The van der Waals surface area contributed by atoms with E-state index in [0.717, 1.165) is 18.5 Å². The molecule has 2 N–H and O–H groups in total. The molecule has 0 radical (unpaired) electrons. The van der Waals surface area contributed by atoms with Crippen LogP contribution in [0.5, 0.6) is 0 Å². The number of nitrogens with two attached hydrogens (primary N) is 1. The summed E-state index contributed by atoms with van der Waals surface area (Å²) in [6, 6.07) is 0.253. The molecule has 2 atom stereocenters. The van der Waals surface area contributed by atoms with E-state index in [9.17, 15) is 4.79 Å². The molecule has 1 aromatic heterocycles. The largest absolute Gasteiger partial charge is 0.338 e. The Morgan fingerprint density at radius 1 is 1.45 bits per heavy atom. The van der Waals surface area contributed by atoms with Crippen molar-refractivity contribution >= 4 is 17.4 Å². The van der Waals surface area contributed by atoms with Crippen LogP contribution in [0.4, 0.5) is 0 Å². The summed E-state index contributed by atoms with van der Waals surface area (Å²) in [5.41, 5.74) is 6.68. The highest BCUT2D eigenvalue weighted by Gasteiger charge is 2.32. The lowest BCUT2D eigenvalue weighted by Gasteiger charge is -2.37. The van der Waals surface area contributed by atoms with Gasteiger partial charge < -0.3 is 10.6 Å². The summed E-state index contributed by atoms with van der Waals surface area (Å²) in [6.07, 6.45) is 4.57. The van der Waals surface area contributed by atoms with Crippen molar-refractivity contribution in [3.63, 3.8) is 0 Å². The maximum atomic E-state index is 12.7. The van der Waals surface area contributed by atoms with E-state index in [4.69, 9.17) is 5.73 Å². The van der Waals surface area contributed by atoms with Crippen molar-refractivity contribution in [1.82, 2.24) is 14.5 Å². The topological polar surface area (TPSA) is 72.1 Å². The molecular weight excluding hydrogens is 272 g/mol. The molecule has 6 heteroatoms. The van der Waals surface area contributed by atoms with Gasteiger partial charge in [0, 0.05) is 13.1 Å². The molecule has 20 heavy (non-hydrogen) atoms. The molecule has 0 aromatic carbocycles. The molecule has 1 saturated carbocycles. The van der Waals surface area contributed by atoms with Crippen molar-refractivity contribution in [2.24, 2.45) is 11.7 Å². The molecule has 0 bridgehead atoms. The summed E-state index contributed by atoms with van der Waals surface area (Å²) in [7, 11) is 1.89. The standard InChI is InChI=1S/C14H24N4OS/c1-9(2)12-13(20-17-16-12)14(19)18(3)11-7-5-4-6-10(11)8-15/h9-11H,4-8,15H2,1-3H3. The minimum absolute atomic E-state index is 0.0500. The van der Waals surface area contributed by atoms with E-state index < -0.39 is 0 Å². The maximum absolute atomic E-state index is 12.7. The Labute approximate surface area is 124 Å². The van der Waals surface area contributed by atoms with Crippen LogP contribution in [0.15, 0.2) is 0 Å². The summed E-state index contributed by atoms with van der Waals surface area (Å²) in [6.45, 7) is 4.73. The molecule has 1 fully saturated rings. The van der Waals surface area contributed by atoms with Gasteiger partial charge in [-0.05, 0) is 42.8 Å². The minimum Gasteiger partial charge on any atom is -0.338 e. The van der Waals surface area contributed by atoms with E-state index in [1.54, 1.807) is 0 Å². The van der Waals surface area contributed by atoms with E-state index in [1.807, 2.05) is 25.8 Å². The molecule has 2 rings (SSSR count). The van der Waals surface area contributed by atoms with Crippen molar-refractivity contribution in [3.8, 4) is 0 Å². The van der Waals surface area contributed by atoms with Crippen LogP contribution in [0, 0.1) is 5.92 Å². The number of amides is 1. The van der Waals surface area contributed by atoms with Gasteiger partial charge in [-0.2, -0.15) is 0 Å². The van der Waals surface area contributed by atoms with Crippen LogP contribution in [0.25, 0.3) is 0 Å². The van der Waals surface area contributed by atoms with Gasteiger partial charge in [-0.3, -0.25) is 4.79 Å². The predicted molar refractivity (Wildman–Crippen MR) is 80.9 cm³/mol. The average molecular weight is 296 g/mol. The highest BCUT2D eigenvalue weighted by atomic mass is 32.1. The van der Waals surface area contributed by atoms with Crippen LogP contribution in [0.2, 0.25) is 0 Å². The van der Waals surface area contributed by atoms with Crippen LogP contribution in [-0.4, -0.2) is 40.0 Å². The molecular formula is C14H24N4OS. The molecule has 0 saturated heterocycles. The van der Waals surface area contributed by atoms with Gasteiger partial charge in [0.25, 0.3) is 5.91 Å². The van der Waals surface area contributed by atoms with Crippen LogP contribution >= 0.6 is 11.5 Å². The molecule has 1 aromatic rings. The number of rotatable bonds is 4. The summed E-state index contributed by atoms with van der Waals surface area (Å²) in [5.74, 6) is 0.688.